The lowest BCUT2D eigenvalue weighted by atomic mass is 10.0. The minimum Gasteiger partial charge on any atom is -0.388 e. The summed E-state index contributed by atoms with van der Waals surface area (Å²) in [6.45, 7) is 4.00. The molecule has 0 aliphatic carbocycles. The number of amides is 1. The van der Waals surface area contributed by atoms with Crippen molar-refractivity contribution in [3.63, 3.8) is 0 Å². The van der Waals surface area contributed by atoms with E-state index in [2.05, 4.69) is 10.0 Å². The fourth-order valence-corrected chi connectivity index (χ4v) is 1.81. The second kappa shape index (κ2) is 11.4. The number of allylic oxidation sites excluding steroid dienone is 3. The molecule has 0 unspecified atom stereocenters. The van der Waals surface area contributed by atoms with Crippen molar-refractivity contribution in [2.24, 2.45) is 0 Å². The van der Waals surface area contributed by atoms with Gasteiger partial charge in [-0.25, -0.2) is 0 Å². The summed E-state index contributed by atoms with van der Waals surface area (Å²) >= 11 is 1.11. The summed E-state index contributed by atoms with van der Waals surface area (Å²) in [4.78, 5) is 11.2. The number of carbonyl (C=O) groups is 1. The quantitative estimate of drug-likeness (QED) is 0.305. The summed E-state index contributed by atoms with van der Waals surface area (Å²) in [5.74, 6) is -0.398. The molecule has 0 fully saturated rings. The van der Waals surface area contributed by atoms with Gasteiger partial charge in [0.25, 0.3) is 5.91 Å². The Hall–Kier alpha value is -2.22. The molecular weight excluding hydrogens is 351 g/mol. The van der Waals surface area contributed by atoms with Gasteiger partial charge in [-0.3, -0.25) is 9.52 Å². The molecule has 0 aliphatic rings. The average Bonchev–Trinajstić information content (AvgIpc) is 2.58. The molecule has 0 spiro atoms. The highest BCUT2D eigenvalue weighted by atomic mass is 32.2. The molecule has 25 heavy (non-hydrogen) atoms. The normalized spacial score (nSPS) is 11.2. The van der Waals surface area contributed by atoms with Crippen molar-refractivity contribution in [3.05, 3.63) is 53.6 Å². The highest BCUT2D eigenvalue weighted by Gasteiger charge is 2.31. The second-order valence-electron chi connectivity index (χ2n) is 4.59. The third kappa shape index (κ3) is 8.44. The van der Waals surface area contributed by atoms with Crippen LogP contribution in [0.4, 0.5) is 18.9 Å². The van der Waals surface area contributed by atoms with Gasteiger partial charge in [0.2, 0.25) is 0 Å². The van der Waals surface area contributed by atoms with Crippen molar-refractivity contribution in [3.8, 4) is 0 Å². The number of alkyl halides is 3. The number of nitrogens with one attached hydrogen (secondary N) is 3. The number of hydrogen-bond donors (Lipinski definition) is 3. The third-order valence-corrected chi connectivity index (χ3v) is 3.25. The zero-order chi connectivity index (χ0) is 19.5. The Kier molecular flexibility index (Phi) is 10.3. The van der Waals surface area contributed by atoms with Gasteiger partial charge in [-0.15, -0.1) is 0 Å². The van der Waals surface area contributed by atoms with Crippen LogP contribution in [0.25, 0.3) is 0 Å². The molecular formula is C17H22F3N3OS. The molecule has 0 aromatic heterocycles. The van der Waals surface area contributed by atoms with Crippen molar-refractivity contribution < 1.29 is 18.0 Å². The Labute approximate surface area is 150 Å². The van der Waals surface area contributed by atoms with Crippen molar-refractivity contribution in [2.75, 3.05) is 18.6 Å². The van der Waals surface area contributed by atoms with E-state index in [4.69, 9.17) is 5.41 Å². The number of anilines is 1. The van der Waals surface area contributed by atoms with Gasteiger partial charge in [0.1, 0.15) is 0 Å². The highest BCUT2D eigenvalue weighted by molar-refractivity contribution is 7.97. The van der Waals surface area contributed by atoms with Crippen LogP contribution in [0.5, 0.6) is 0 Å². The number of carbonyl (C=O) groups excluding carboxylic acids is 1. The van der Waals surface area contributed by atoms with Crippen molar-refractivity contribution in [1.82, 2.24) is 4.72 Å². The van der Waals surface area contributed by atoms with Gasteiger partial charge in [0.15, 0.2) is 0 Å². The molecule has 0 heterocycles. The van der Waals surface area contributed by atoms with Crippen LogP contribution < -0.4 is 10.0 Å². The first-order chi connectivity index (χ1) is 11.7. The Balaban J connectivity index is 0.00000129. The highest BCUT2D eigenvalue weighted by Crippen LogP contribution is 2.32. The van der Waals surface area contributed by atoms with Crippen LogP contribution >= 0.6 is 11.9 Å². The molecule has 1 amide bonds. The van der Waals surface area contributed by atoms with Gasteiger partial charge in [-0.1, -0.05) is 30.2 Å². The number of benzene rings is 1. The lowest BCUT2D eigenvalue weighted by molar-refractivity contribution is -0.137. The van der Waals surface area contributed by atoms with Crippen LogP contribution in [0.1, 0.15) is 25.0 Å². The first-order valence-electron chi connectivity index (χ1n) is 7.27. The van der Waals surface area contributed by atoms with E-state index in [1.165, 1.54) is 19.2 Å². The van der Waals surface area contributed by atoms with E-state index in [0.29, 0.717) is 0 Å². The van der Waals surface area contributed by atoms with Gasteiger partial charge >= 0.3 is 6.18 Å². The SMILES string of the molecule is C/C=C\C.CNc1cc(C(F)(F)F)ccc1C(=N)/C=C/C(=O)NSC. The summed E-state index contributed by atoms with van der Waals surface area (Å²) in [5, 5.41) is 10.5. The predicted octanol–water partition coefficient (Wildman–Crippen LogP) is 4.65. The summed E-state index contributed by atoms with van der Waals surface area (Å²) in [6, 6.07) is 3.04. The van der Waals surface area contributed by atoms with Gasteiger partial charge in [-0.2, -0.15) is 13.2 Å². The first-order valence-corrected chi connectivity index (χ1v) is 8.49. The van der Waals surface area contributed by atoms with E-state index in [0.717, 1.165) is 30.2 Å². The molecule has 0 radical (unpaired) electrons. The van der Waals surface area contributed by atoms with Crippen LogP contribution in [0.15, 0.2) is 42.5 Å². The van der Waals surface area contributed by atoms with Crippen LogP contribution in [-0.2, 0) is 11.0 Å². The van der Waals surface area contributed by atoms with E-state index in [1.807, 2.05) is 26.0 Å². The van der Waals surface area contributed by atoms with Crippen molar-refractivity contribution >= 4 is 29.3 Å². The first kappa shape index (κ1) is 22.8. The van der Waals surface area contributed by atoms with Gasteiger partial charge < -0.3 is 10.7 Å². The van der Waals surface area contributed by atoms with Gasteiger partial charge in [0, 0.05) is 30.6 Å². The largest absolute Gasteiger partial charge is 0.416 e. The molecule has 0 saturated carbocycles. The molecule has 8 heteroatoms. The van der Waals surface area contributed by atoms with Crippen LogP contribution in [0, 0.1) is 5.41 Å². The van der Waals surface area contributed by atoms with Crippen LogP contribution in [0.3, 0.4) is 0 Å². The Morgan fingerprint density at radius 3 is 2.24 bits per heavy atom. The minimum atomic E-state index is -4.44. The molecule has 3 N–H and O–H groups in total. The molecule has 1 aromatic carbocycles. The molecule has 0 bridgehead atoms. The fourth-order valence-electron chi connectivity index (χ4n) is 1.55. The monoisotopic (exact) mass is 373 g/mol. The molecule has 0 saturated heterocycles. The van der Waals surface area contributed by atoms with Crippen molar-refractivity contribution in [2.45, 2.75) is 20.0 Å². The minimum absolute atomic E-state index is 0.0654. The lowest BCUT2D eigenvalue weighted by Gasteiger charge is -2.12. The Morgan fingerprint density at radius 1 is 1.20 bits per heavy atom. The molecule has 4 nitrogen and oxygen atoms in total. The summed E-state index contributed by atoms with van der Waals surface area (Å²) < 4.78 is 40.3. The summed E-state index contributed by atoms with van der Waals surface area (Å²) in [5.41, 5.74) is -0.416. The lowest BCUT2D eigenvalue weighted by Crippen LogP contribution is -2.12. The molecule has 1 aromatic rings. The number of hydrogen-bond acceptors (Lipinski definition) is 4. The average molecular weight is 373 g/mol. The topological polar surface area (TPSA) is 65.0 Å². The van der Waals surface area contributed by atoms with E-state index in [9.17, 15) is 18.0 Å². The van der Waals surface area contributed by atoms with Gasteiger partial charge in [0.05, 0.1) is 11.3 Å². The second-order valence-corrected chi connectivity index (χ2v) is 5.20. The van der Waals surface area contributed by atoms with E-state index >= 15 is 0 Å². The maximum atomic E-state index is 12.6. The fraction of sp³-hybridized carbons (Fsp3) is 0.294. The van der Waals surface area contributed by atoms with Crippen LogP contribution in [0.2, 0.25) is 0 Å². The van der Waals surface area contributed by atoms with Gasteiger partial charge in [-0.05, 0) is 32.1 Å². The number of halogens is 3. The molecule has 0 atom stereocenters. The molecule has 1 rings (SSSR count). The van der Waals surface area contributed by atoms with E-state index in [1.54, 1.807) is 6.26 Å². The molecule has 0 aliphatic heterocycles. The predicted molar refractivity (Wildman–Crippen MR) is 99.1 cm³/mol. The summed E-state index contributed by atoms with van der Waals surface area (Å²) in [6.07, 6.45) is 3.61. The Morgan fingerprint density at radius 2 is 1.80 bits per heavy atom. The zero-order valence-electron chi connectivity index (χ0n) is 14.5. The van der Waals surface area contributed by atoms with E-state index < -0.39 is 17.6 Å². The smallest absolute Gasteiger partial charge is 0.388 e. The van der Waals surface area contributed by atoms with Crippen molar-refractivity contribution in [1.29, 1.82) is 5.41 Å². The number of rotatable bonds is 5. The summed E-state index contributed by atoms with van der Waals surface area (Å²) in [7, 11) is 1.47. The maximum absolute atomic E-state index is 12.6. The third-order valence-electron chi connectivity index (χ3n) is 2.84. The Bertz CT molecular complexity index is 637. The zero-order valence-corrected chi connectivity index (χ0v) is 15.3. The van der Waals surface area contributed by atoms with Crippen LogP contribution in [-0.4, -0.2) is 24.9 Å². The maximum Gasteiger partial charge on any atom is 0.416 e. The van der Waals surface area contributed by atoms with E-state index in [-0.39, 0.29) is 17.0 Å². The molecule has 138 valence electrons. The standard InChI is InChI=1S/C13H14F3N3OS.C4H8/c1-18-11-7-8(13(14,15)16)3-4-9(11)10(17)5-6-12(20)19-21-2;1-3-4-2/h3-7,17-18H,1-2H3,(H,19,20);3-4H,1-2H3/b6-5+,17-10?;4-3-.